The summed E-state index contributed by atoms with van der Waals surface area (Å²) in [5.74, 6) is 0.550. The number of nitrogens with zero attached hydrogens (tertiary/aromatic N) is 2. The zero-order valence-corrected chi connectivity index (χ0v) is 15.6. The lowest BCUT2D eigenvalue weighted by molar-refractivity contribution is 0.0993. The van der Waals surface area contributed by atoms with Crippen LogP contribution in [0.2, 0.25) is 0 Å². The van der Waals surface area contributed by atoms with Crippen LogP contribution >= 0.6 is 11.8 Å². The fourth-order valence-electron chi connectivity index (χ4n) is 2.60. The zero-order valence-electron chi connectivity index (χ0n) is 14.7. The number of carbonyl (C=O) groups excluding carboxylic acids is 1. The van der Waals surface area contributed by atoms with Crippen LogP contribution in [0.25, 0.3) is 11.5 Å². The molecule has 0 unspecified atom stereocenters. The van der Waals surface area contributed by atoms with Gasteiger partial charge in [0.25, 0.3) is 5.22 Å². The minimum atomic E-state index is -0.300. The molecule has 4 nitrogen and oxygen atoms in total. The lowest BCUT2D eigenvalue weighted by Crippen LogP contribution is -2.15. The monoisotopic (exact) mass is 352 g/mol. The highest BCUT2D eigenvalue weighted by atomic mass is 32.2. The highest BCUT2D eigenvalue weighted by Gasteiger charge is 2.21. The first-order valence-electron chi connectivity index (χ1n) is 8.13. The average molecular weight is 352 g/mol. The molecule has 3 aromatic rings. The maximum Gasteiger partial charge on any atom is 0.277 e. The minimum absolute atomic E-state index is 0.0711. The standard InChI is InChI=1S/C20H20N2O2S/c1-12-9-10-14(3)17(11-12)18(23)15(4)25-20-22-21-19(24-20)16-8-6-5-7-13(16)2/h5-11,15H,1-4H3/t15-/m1/s1. The Balaban J connectivity index is 1.78. The molecule has 0 radical (unpaired) electrons. The van der Waals surface area contributed by atoms with E-state index < -0.39 is 0 Å². The van der Waals surface area contributed by atoms with Crippen LogP contribution in [0.4, 0.5) is 0 Å². The van der Waals surface area contributed by atoms with Gasteiger partial charge in [-0.3, -0.25) is 4.79 Å². The van der Waals surface area contributed by atoms with Crippen LogP contribution in [0.5, 0.6) is 0 Å². The number of ketones is 1. The number of carbonyl (C=O) groups is 1. The summed E-state index contributed by atoms with van der Waals surface area (Å²) in [4.78, 5) is 12.7. The van der Waals surface area contributed by atoms with Crippen molar-refractivity contribution in [3.63, 3.8) is 0 Å². The molecule has 0 aliphatic heterocycles. The van der Waals surface area contributed by atoms with Crippen LogP contribution in [0.15, 0.2) is 52.1 Å². The SMILES string of the molecule is Cc1ccc(C)c(C(=O)[C@@H](C)Sc2nnc(-c3ccccc3C)o2)c1. The Hall–Kier alpha value is -2.40. The molecular formula is C20H20N2O2S. The van der Waals surface area contributed by atoms with Crippen molar-refractivity contribution in [2.75, 3.05) is 0 Å². The Labute approximate surface area is 151 Å². The van der Waals surface area contributed by atoms with Gasteiger partial charge in [0.05, 0.1) is 5.25 Å². The number of Topliss-reactive ketones (excluding diaryl/α,β-unsaturated/α-hetero) is 1. The van der Waals surface area contributed by atoms with Crippen molar-refractivity contribution in [1.82, 2.24) is 10.2 Å². The third-order valence-electron chi connectivity index (χ3n) is 4.09. The molecule has 0 saturated carbocycles. The van der Waals surface area contributed by atoms with Crippen LogP contribution in [0.3, 0.4) is 0 Å². The molecule has 1 atom stereocenters. The molecule has 0 spiro atoms. The van der Waals surface area contributed by atoms with E-state index in [1.165, 1.54) is 11.8 Å². The molecule has 25 heavy (non-hydrogen) atoms. The molecule has 5 heteroatoms. The summed E-state index contributed by atoms with van der Waals surface area (Å²) in [6, 6.07) is 13.8. The highest BCUT2D eigenvalue weighted by Crippen LogP contribution is 2.29. The van der Waals surface area contributed by atoms with Gasteiger partial charge in [-0.05, 0) is 51.0 Å². The van der Waals surface area contributed by atoms with Crippen molar-refractivity contribution in [1.29, 1.82) is 0 Å². The van der Waals surface area contributed by atoms with Crippen molar-refractivity contribution < 1.29 is 9.21 Å². The Morgan fingerprint density at radius 1 is 1.04 bits per heavy atom. The van der Waals surface area contributed by atoms with E-state index in [9.17, 15) is 4.79 Å². The van der Waals surface area contributed by atoms with E-state index in [0.29, 0.717) is 11.1 Å². The van der Waals surface area contributed by atoms with E-state index in [-0.39, 0.29) is 11.0 Å². The fourth-order valence-corrected chi connectivity index (χ4v) is 3.36. The molecule has 3 rings (SSSR count). The van der Waals surface area contributed by atoms with Gasteiger partial charge in [-0.25, -0.2) is 0 Å². The predicted octanol–water partition coefficient (Wildman–Crippen LogP) is 5.03. The molecule has 0 bridgehead atoms. The Kier molecular flexibility index (Phi) is 5.04. The number of hydrogen-bond acceptors (Lipinski definition) is 5. The number of rotatable bonds is 5. The minimum Gasteiger partial charge on any atom is -0.411 e. The molecule has 2 aromatic carbocycles. The molecular weight excluding hydrogens is 332 g/mol. The lowest BCUT2D eigenvalue weighted by Gasteiger charge is -2.10. The first-order chi connectivity index (χ1) is 12.0. The second kappa shape index (κ2) is 7.23. The second-order valence-electron chi connectivity index (χ2n) is 6.13. The van der Waals surface area contributed by atoms with Gasteiger partial charge in [-0.15, -0.1) is 10.2 Å². The van der Waals surface area contributed by atoms with Gasteiger partial charge in [-0.1, -0.05) is 47.7 Å². The third kappa shape index (κ3) is 3.82. The molecule has 128 valence electrons. The van der Waals surface area contributed by atoms with E-state index in [4.69, 9.17) is 4.42 Å². The molecule has 0 N–H and O–H groups in total. The summed E-state index contributed by atoms with van der Waals surface area (Å²) in [7, 11) is 0. The van der Waals surface area contributed by atoms with Gasteiger partial charge in [0.2, 0.25) is 5.89 Å². The van der Waals surface area contributed by atoms with E-state index in [0.717, 1.165) is 27.8 Å². The molecule has 0 saturated heterocycles. The van der Waals surface area contributed by atoms with Crippen LogP contribution in [-0.4, -0.2) is 21.2 Å². The van der Waals surface area contributed by atoms with Gasteiger partial charge in [0.15, 0.2) is 5.78 Å². The van der Waals surface area contributed by atoms with Crippen LogP contribution < -0.4 is 0 Å². The van der Waals surface area contributed by atoms with Gasteiger partial charge in [-0.2, -0.15) is 0 Å². The Bertz CT molecular complexity index is 918. The quantitative estimate of drug-likeness (QED) is 0.476. The molecule has 0 amide bonds. The summed E-state index contributed by atoms with van der Waals surface area (Å²) < 4.78 is 5.75. The van der Waals surface area contributed by atoms with Crippen LogP contribution in [0.1, 0.15) is 34.0 Å². The topological polar surface area (TPSA) is 56.0 Å². The van der Waals surface area contributed by atoms with E-state index >= 15 is 0 Å². The van der Waals surface area contributed by atoms with Crippen LogP contribution in [0, 0.1) is 20.8 Å². The Morgan fingerprint density at radius 3 is 2.56 bits per heavy atom. The average Bonchev–Trinajstić information content (AvgIpc) is 3.05. The van der Waals surface area contributed by atoms with Crippen LogP contribution in [-0.2, 0) is 0 Å². The van der Waals surface area contributed by atoms with E-state index in [1.54, 1.807) is 0 Å². The van der Waals surface area contributed by atoms with Gasteiger partial charge < -0.3 is 4.42 Å². The zero-order chi connectivity index (χ0) is 18.0. The first kappa shape index (κ1) is 17.4. The number of thioether (sulfide) groups is 1. The maximum absolute atomic E-state index is 12.7. The first-order valence-corrected chi connectivity index (χ1v) is 9.01. The van der Waals surface area contributed by atoms with Gasteiger partial charge in [0, 0.05) is 11.1 Å². The molecule has 1 aromatic heterocycles. The summed E-state index contributed by atoms with van der Waals surface area (Å²) >= 11 is 1.29. The third-order valence-corrected chi connectivity index (χ3v) is 5.02. The normalized spacial score (nSPS) is 12.2. The van der Waals surface area contributed by atoms with Crippen molar-refractivity contribution in [2.24, 2.45) is 0 Å². The summed E-state index contributed by atoms with van der Waals surface area (Å²) in [6.07, 6.45) is 0. The number of aryl methyl sites for hydroxylation is 3. The molecule has 0 aliphatic carbocycles. The number of aromatic nitrogens is 2. The molecule has 0 fully saturated rings. The number of benzene rings is 2. The van der Waals surface area contributed by atoms with E-state index in [2.05, 4.69) is 10.2 Å². The maximum atomic E-state index is 12.7. The largest absolute Gasteiger partial charge is 0.411 e. The lowest BCUT2D eigenvalue weighted by atomic mass is 10.0. The summed E-state index contributed by atoms with van der Waals surface area (Å²) in [5, 5.41) is 8.31. The summed E-state index contributed by atoms with van der Waals surface area (Å²) in [5.41, 5.74) is 4.79. The molecule has 1 heterocycles. The molecule has 0 aliphatic rings. The predicted molar refractivity (Wildman–Crippen MR) is 100 cm³/mol. The summed E-state index contributed by atoms with van der Waals surface area (Å²) in [6.45, 7) is 7.80. The van der Waals surface area contributed by atoms with Gasteiger partial charge in [0.1, 0.15) is 0 Å². The van der Waals surface area contributed by atoms with Crippen molar-refractivity contribution in [3.05, 3.63) is 64.7 Å². The van der Waals surface area contributed by atoms with Gasteiger partial charge >= 0.3 is 0 Å². The highest BCUT2D eigenvalue weighted by molar-refractivity contribution is 8.00. The number of hydrogen-bond donors (Lipinski definition) is 0. The smallest absolute Gasteiger partial charge is 0.277 e. The van der Waals surface area contributed by atoms with Crippen molar-refractivity contribution in [3.8, 4) is 11.5 Å². The van der Waals surface area contributed by atoms with Crippen molar-refractivity contribution in [2.45, 2.75) is 38.2 Å². The second-order valence-corrected chi connectivity index (χ2v) is 7.42. The van der Waals surface area contributed by atoms with Crippen molar-refractivity contribution >= 4 is 17.5 Å². The van der Waals surface area contributed by atoms with E-state index in [1.807, 2.05) is 70.2 Å². The fraction of sp³-hybridized carbons (Fsp3) is 0.250. The Morgan fingerprint density at radius 2 is 1.80 bits per heavy atom.